The summed E-state index contributed by atoms with van der Waals surface area (Å²) < 4.78 is 5.31. The van der Waals surface area contributed by atoms with Crippen LogP contribution in [0.1, 0.15) is 27.2 Å². The van der Waals surface area contributed by atoms with Gasteiger partial charge in [-0.3, -0.25) is 0 Å². The van der Waals surface area contributed by atoms with E-state index < -0.39 is 5.60 Å². The molecule has 0 bridgehead atoms. The molecule has 0 aromatic rings. The lowest BCUT2D eigenvalue weighted by molar-refractivity contribution is 0.0263. The van der Waals surface area contributed by atoms with E-state index >= 15 is 0 Å². The number of rotatable bonds is 1. The largest absolute Gasteiger partial charge is 0.444 e. The van der Waals surface area contributed by atoms with Crippen molar-refractivity contribution < 1.29 is 9.53 Å². The lowest BCUT2D eigenvalue weighted by atomic mass is 10.1. The molecule has 0 saturated heterocycles. The lowest BCUT2D eigenvalue weighted by Crippen LogP contribution is -2.40. The Balaban J connectivity index is 2.52. The molecule has 0 spiro atoms. The number of ether oxygens (including phenoxy) is 1. The molecule has 1 aliphatic heterocycles. The van der Waals surface area contributed by atoms with Crippen LogP contribution < -0.4 is 0 Å². The number of nitrogens with zero attached hydrogens (tertiary/aromatic N) is 1. The maximum absolute atomic E-state index is 11.7. The molecular formula is C11H18BrNO2. The summed E-state index contributed by atoms with van der Waals surface area (Å²) in [6, 6.07) is 0. The number of hydrogen-bond donors (Lipinski definition) is 0. The quantitative estimate of drug-likeness (QED) is 0.544. The van der Waals surface area contributed by atoms with Crippen molar-refractivity contribution >= 4 is 22.0 Å². The highest BCUT2D eigenvalue weighted by Gasteiger charge is 2.23. The van der Waals surface area contributed by atoms with Gasteiger partial charge in [-0.25, -0.2) is 4.79 Å². The second kappa shape index (κ2) is 5.01. The summed E-state index contributed by atoms with van der Waals surface area (Å²) in [4.78, 5) is 13.5. The molecule has 0 atom stereocenters. The van der Waals surface area contributed by atoms with Crippen LogP contribution in [0.4, 0.5) is 4.79 Å². The highest BCUT2D eigenvalue weighted by molar-refractivity contribution is 9.09. The molecule has 3 nitrogen and oxygen atoms in total. The average molecular weight is 276 g/mol. The van der Waals surface area contributed by atoms with Gasteiger partial charge in [0.2, 0.25) is 0 Å². The number of carbonyl (C=O) groups excluding carboxylic acids is 1. The van der Waals surface area contributed by atoms with E-state index in [-0.39, 0.29) is 6.09 Å². The molecule has 1 amide bonds. The number of alkyl halides is 1. The maximum atomic E-state index is 11.7. The molecule has 0 aromatic carbocycles. The molecule has 86 valence electrons. The van der Waals surface area contributed by atoms with Crippen LogP contribution in [0.25, 0.3) is 0 Å². The summed E-state index contributed by atoms with van der Waals surface area (Å²) in [7, 11) is 0. The van der Waals surface area contributed by atoms with Crippen molar-refractivity contribution in [3.05, 3.63) is 11.6 Å². The van der Waals surface area contributed by atoms with E-state index in [0.29, 0.717) is 6.54 Å². The van der Waals surface area contributed by atoms with E-state index in [9.17, 15) is 4.79 Å². The summed E-state index contributed by atoms with van der Waals surface area (Å²) >= 11 is 3.40. The highest BCUT2D eigenvalue weighted by atomic mass is 79.9. The first-order chi connectivity index (χ1) is 6.92. The van der Waals surface area contributed by atoms with Gasteiger partial charge in [0.15, 0.2) is 0 Å². The summed E-state index contributed by atoms with van der Waals surface area (Å²) in [5, 5.41) is 0.826. The normalized spacial score (nSPS) is 17.3. The Morgan fingerprint density at radius 2 is 2.27 bits per heavy atom. The predicted molar refractivity (Wildman–Crippen MR) is 64.3 cm³/mol. The number of carbonyl (C=O) groups is 1. The topological polar surface area (TPSA) is 29.5 Å². The average Bonchev–Trinajstić information content (AvgIpc) is 2.15. The van der Waals surface area contributed by atoms with Gasteiger partial charge >= 0.3 is 6.09 Å². The molecule has 1 rings (SSSR count). The van der Waals surface area contributed by atoms with Gasteiger partial charge in [0, 0.05) is 18.4 Å². The van der Waals surface area contributed by atoms with Crippen LogP contribution in [-0.2, 0) is 4.74 Å². The third kappa shape index (κ3) is 4.24. The van der Waals surface area contributed by atoms with E-state index in [1.807, 2.05) is 20.8 Å². The van der Waals surface area contributed by atoms with E-state index in [1.165, 1.54) is 5.57 Å². The van der Waals surface area contributed by atoms with Crippen molar-refractivity contribution in [2.45, 2.75) is 32.8 Å². The summed E-state index contributed by atoms with van der Waals surface area (Å²) in [6.07, 6.45) is 2.88. The predicted octanol–water partition coefficient (Wildman–Crippen LogP) is 2.95. The van der Waals surface area contributed by atoms with Crippen molar-refractivity contribution in [3.63, 3.8) is 0 Å². The molecule has 0 aliphatic carbocycles. The smallest absolute Gasteiger partial charge is 0.410 e. The molecule has 0 fully saturated rings. The molecule has 15 heavy (non-hydrogen) atoms. The van der Waals surface area contributed by atoms with Gasteiger partial charge in [0.05, 0.1) is 0 Å². The molecule has 0 saturated carbocycles. The number of amides is 1. The minimum absolute atomic E-state index is 0.214. The Morgan fingerprint density at radius 1 is 1.60 bits per heavy atom. The molecular weight excluding hydrogens is 258 g/mol. The van der Waals surface area contributed by atoms with Crippen molar-refractivity contribution in [2.24, 2.45) is 0 Å². The van der Waals surface area contributed by atoms with Gasteiger partial charge in [0.25, 0.3) is 0 Å². The zero-order valence-corrected chi connectivity index (χ0v) is 11.1. The van der Waals surface area contributed by atoms with Crippen LogP contribution in [0.3, 0.4) is 0 Å². The molecule has 1 aliphatic rings. The van der Waals surface area contributed by atoms with Crippen LogP contribution >= 0.6 is 15.9 Å². The van der Waals surface area contributed by atoms with E-state index in [2.05, 4.69) is 22.0 Å². The fraction of sp³-hybridized carbons (Fsp3) is 0.727. The Bertz CT molecular complexity index is 268. The van der Waals surface area contributed by atoms with Gasteiger partial charge in [-0.05, 0) is 32.8 Å². The van der Waals surface area contributed by atoms with Crippen LogP contribution in [0.2, 0.25) is 0 Å². The lowest BCUT2D eigenvalue weighted by Gasteiger charge is -2.29. The monoisotopic (exact) mass is 275 g/mol. The number of hydrogen-bond acceptors (Lipinski definition) is 2. The SMILES string of the molecule is CC(C)(C)OC(=O)N1CCC=C(CBr)C1. The van der Waals surface area contributed by atoms with Crippen molar-refractivity contribution in [1.82, 2.24) is 4.90 Å². The fourth-order valence-electron chi connectivity index (χ4n) is 1.39. The molecule has 0 unspecified atom stereocenters. The van der Waals surface area contributed by atoms with Gasteiger partial charge in [0.1, 0.15) is 5.60 Å². The zero-order chi connectivity index (χ0) is 11.5. The second-order valence-electron chi connectivity index (χ2n) is 4.69. The Labute approximate surface area is 99.6 Å². The standard InChI is InChI=1S/C11H18BrNO2/c1-11(2,3)15-10(14)13-6-4-5-9(7-12)8-13/h5H,4,6-8H2,1-3H3. The van der Waals surface area contributed by atoms with Gasteiger partial charge < -0.3 is 9.64 Å². The van der Waals surface area contributed by atoms with Crippen LogP contribution in [0.15, 0.2) is 11.6 Å². The summed E-state index contributed by atoms with van der Waals surface area (Å²) in [5.74, 6) is 0. The number of halogens is 1. The third-order valence-corrected chi connectivity index (χ3v) is 2.77. The minimum atomic E-state index is -0.410. The molecule has 0 aromatic heterocycles. The summed E-state index contributed by atoms with van der Waals surface area (Å²) in [5.41, 5.74) is 0.833. The fourth-order valence-corrected chi connectivity index (χ4v) is 1.80. The minimum Gasteiger partial charge on any atom is -0.444 e. The van der Waals surface area contributed by atoms with Gasteiger partial charge in [-0.2, -0.15) is 0 Å². The molecule has 1 heterocycles. The van der Waals surface area contributed by atoms with Crippen molar-refractivity contribution in [2.75, 3.05) is 18.4 Å². The molecule has 0 N–H and O–H groups in total. The van der Waals surface area contributed by atoms with Crippen molar-refractivity contribution in [1.29, 1.82) is 0 Å². The van der Waals surface area contributed by atoms with Crippen LogP contribution in [0.5, 0.6) is 0 Å². The molecule has 4 heteroatoms. The second-order valence-corrected chi connectivity index (χ2v) is 5.25. The van der Waals surface area contributed by atoms with E-state index in [0.717, 1.165) is 18.3 Å². The first-order valence-electron chi connectivity index (χ1n) is 5.14. The van der Waals surface area contributed by atoms with Gasteiger partial charge in [-0.15, -0.1) is 0 Å². The Morgan fingerprint density at radius 3 is 2.80 bits per heavy atom. The Hall–Kier alpha value is -0.510. The molecule has 0 radical (unpaired) electrons. The van der Waals surface area contributed by atoms with E-state index in [4.69, 9.17) is 4.74 Å². The zero-order valence-electron chi connectivity index (χ0n) is 9.55. The summed E-state index contributed by atoms with van der Waals surface area (Å²) in [6.45, 7) is 7.09. The van der Waals surface area contributed by atoms with E-state index in [1.54, 1.807) is 4.90 Å². The Kier molecular flexibility index (Phi) is 4.20. The van der Waals surface area contributed by atoms with Gasteiger partial charge in [-0.1, -0.05) is 22.0 Å². The maximum Gasteiger partial charge on any atom is 0.410 e. The first kappa shape index (κ1) is 12.6. The first-order valence-corrected chi connectivity index (χ1v) is 6.26. The highest BCUT2D eigenvalue weighted by Crippen LogP contribution is 2.15. The third-order valence-electron chi connectivity index (χ3n) is 2.05. The van der Waals surface area contributed by atoms with Crippen molar-refractivity contribution in [3.8, 4) is 0 Å². The van der Waals surface area contributed by atoms with Crippen LogP contribution in [0, 0.1) is 0 Å². The van der Waals surface area contributed by atoms with Crippen LogP contribution in [-0.4, -0.2) is 35.0 Å².